The molecule has 0 saturated carbocycles. The molecule has 1 fully saturated rings. The van der Waals surface area contributed by atoms with E-state index in [0.717, 1.165) is 25.0 Å². The van der Waals surface area contributed by atoms with Gasteiger partial charge in [-0.25, -0.2) is 9.97 Å². The number of hydrogen-bond donors (Lipinski definition) is 2. The SMILES string of the molecule is CC(C)Cc1cc(C(=O)NCc2noc([C@H]3CCCO3)n2)nc(N)n1. The lowest BCUT2D eigenvalue weighted by atomic mass is 10.1. The van der Waals surface area contributed by atoms with Crippen molar-refractivity contribution in [1.82, 2.24) is 25.4 Å². The van der Waals surface area contributed by atoms with Crippen molar-refractivity contribution in [3.05, 3.63) is 29.2 Å². The Labute approximate surface area is 145 Å². The van der Waals surface area contributed by atoms with Crippen molar-refractivity contribution in [2.24, 2.45) is 5.92 Å². The fraction of sp³-hybridized carbons (Fsp3) is 0.562. The first-order chi connectivity index (χ1) is 12.0. The summed E-state index contributed by atoms with van der Waals surface area (Å²) in [7, 11) is 0. The first kappa shape index (κ1) is 17.3. The second-order valence-electron chi connectivity index (χ2n) is 6.43. The lowest BCUT2D eigenvalue weighted by Crippen LogP contribution is -2.25. The van der Waals surface area contributed by atoms with Gasteiger partial charge in [0.1, 0.15) is 11.8 Å². The Morgan fingerprint density at radius 1 is 1.40 bits per heavy atom. The van der Waals surface area contributed by atoms with Crippen molar-refractivity contribution in [1.29, 1.82) is 0 Å². The molecule has 9 nitrogen and oxygen atoms in total. The molecular formula is C16H22N6O3. The molecule has 3 N–H and O–H groups in total. The molecular weight excluding hydrogens is 324 g/mol. The van der Waals surface area contributed by atoms with E-state index in [1.807, 2.05) is 0 Å². The Morgan fingerprint density at radius 2 is 2.24 bits per heavy atom. The fourth-order valence-corrected chi connectivity index (χ4v) is 2.65. The van der Waals surface area contributed by atoms with Crippen LogP contribution in [0.1, 0.15) is 60.7 Å². The summed E-state index contributed by atoms with van der Waals surface area (Å²) < 4.78 is 10.7. The third-order valence-corrected chi connectivity index (χ3v) is 3.74. The van der Waals surface area contributed by atoms with E-state index in [2.05, 4.69) is 39.3 Å². The highest BCUT2D eigenvalue weighted by molar-refractivity contribution is 5.92. The van der Waals surface area contributed by atoms with Gasteiger partial charge in [-0.3, -0.25) is 4.79 Å². The van der Waals surface area contributed by atoms with E-state index < -0.39 is 0 Å². The Balaban J connectivity index is 1.61. The number of nitrogens with one attached hydrogen (secondary N) is 1. The van der Waals surface area contributed by atoms with E-state index in [4.69, 9.17) is 15.0 Å². The molecule has 3 heterocycles. The Kier molecular flexibility index (Phi) is 5.22. The van der Waals surface area contributed by atoms with Crippen LogP contribution in [0.3, 0.4) is 0 Å². The van der Waals surface area contributed by atoms with Gasteiger partial charge < -0.3 is 20.3 Å². The molecule has 2 aromatic rings. The van der Waals surface area contributed by atoms with Crippen LogP contribution >= 0.6 is 0 Å². The van der Waals surface area contributed by atoms with Crippen LogP contribution in [0.25, 0.3) is 0 Å². The summed E-state index contributed by atoms with van der Waals surface area (Å²) in [5, 5.41) is 6.58. The maximum atomic E-state index is 12.3. The summed E-state index contributed by atoms with van der Waals surface area (Å²) in [6.45, 7) is 4.98. The Morgan fingerprint density at radius 3 is 2.96 bits per heavy atom. The minimum Gasteiger partial charge on any atom is -0.368 e. The summed E-state index contributed by atoms with van der Waals surface area (Å²) in [5.74, 6) is 0.974. The lowest BCUT2D eigenvalue weighted by Gasteiger charge is -2.07. The first-order valence-electron chi connectivity index (χ1n) is 8.37. The van der Waals surface area contributed by atoms with Crippen LogP contribution in [0.15, 0.2) is 10.6 Å². The molecule has 1 amide bonds. The number of hydrogen-bond acceptors (Lipinski definition) is 8. The second kappa shape index (κ2) is 7.56. The number of carbonyl (C=O) groups is 1. The summed E-state index contributed by atoms with van der Waals surface area (Å²) in [4.78, 5) is 24.7. The van der Waals surface area contributed by atoms with Gasteiger partial charge in [0.25, 0.3) is 11.8 Å². The molecule has 1 saturated heterocycles. The molecule has 1 atom stereocenters. The van der Waals surface area contributed by atoms with Crippen LogP contribution in [0.4, 0.5) is 5.95 Å². The average Bonchev–Trinajstić information content (AvgIpc) is 3.22. The number of amides is 1. The number of aromatic nitrogens is 4. The van der Waals surface area contributed by atoms with E-state index in [9.17, 15) is 4.79 Å². The average molecular weight is 346 g/mol. The second-order valence-corrected chi connectivity index (χ2v) is 6.43. The van der Waals surface area contributed by atoms with Crippen molar-refractivity contribution in [2.75, 3.05) is 12.3 Å². The van der Waals surface area contributed by atoms with Gasteiger partial charge in [-0.15, -0.1) is 0 Å². The van der Waals surface area contributed by atoms with Crippen molar-refractivity contribution in [2.45, 2.75) is 45.8 Å². The van der Waals surface area contributed by atoms with E-state index in [1.54, 1.807) is 6.07 Å². The molecule has 134 valence electrons. The molecule has 0 aliphatic carbocycles. The number of nitrogens with two attached hydrogens (primary N) is 1. The zero-order chi connectivity index (χ0) is 17.8. The first-order valence-corrected chi connectivity index (χ1v) is 8.37. The summed E-state index contributed by atoms with van der Waals surface area (Å²) in [6, 6.07) is 1.65. The number of anilines is 1. The molecule has 25 heavy (non-hydrogen) atoms. The standard InChI is InChI=1S/C16H22N6O3/c1-9(2)6-10-7-11(20-16(17)19-10)14(23)18-8-13-21-15(25-22-13)12-4-3-5-24-12/h7,9,12H,3-6,8H2,1-2H3,(H,18,23)(H2,17,19,20)/t12-/m1/s1. The van der Waals surface area contributed by atoms with E-state index in [0.29, 0.717) is 24.2 Å². The smallest absolute Gasteiger partial charge is 0.270 e. The van der Waals surface area contributed by atoms with E-state index in [-0.39, 0.29) is 30.2 Å². The molecule has 2 aromatic heterocycles. The largest absolute Gasteiger partial charge is 0.368 e. The summed E-state index contributed by atoms with van der Waals surface area (Å²) >= 11 is 0. The summed E-state index contributed by atoms with van der Waals surface area (Å²) in [6.07, 6.45) is 2.43. The predicted molar refractivity (Wildman–Crippen MR) is 88.4 cm³/mol. The molecule has 3 rings (SSSR count). The highest BCUT2D eigenvalue weighted by atomic mass is 16.5. The van der Waals surface area contributed by atoms with Gasteiger partial charge in [0.15, 0.2) is 5.82 Å². The van der Waals surface area contributed by atoms with Crippen LogP contribution in [0, 0.1) is 5.92 Å². The lowest BCUT2D eigenvalue weighted by molar-refractivity contribution is 0.0835. The predicted octanol–water partition coefficient (Wildman–Crippen LogP) is 1.42. The van der Waals surface area contributed by atoms with Gasteiger partial charge in [0.2, 0.25) is 5.95 Å². The minimum atomic E-state index is -0.359. The molecule has 0 bridgehead atoms. The number of rotatable bonds is 6. The zero-order valence-corrected chi connectivity index (χ0v) is 14.4. The number of nitrogen functional groups attached to an aromatic ring is 1. The minimum absolute atomic E-state index is 0.0866. The maximum absolute atomic E-state index is 12.3. The van der Waals surface area contributed by atoms with Gasteiger partial charge in [-0.05, 0) is 31.2 Å². The maximum Gasteiger partial charge on any atom is 0.270 e. The molecule has 0 unspecified atom stereocenters. The van der Waals surface area contributed by atoms with Crippen LogP contribution < -0.4 is 11.1 Å². The third kappa shape index (κ3) is 4.50. The fourth-order valence-electron chi connectivity index (χ4n) is 2.65. The van der Waals surface area contributed by atoms with Crippen LogP contribution in [0.5, 0.6) is 0 Å². The van der Waals surface area contributed by atoms with Crippen LogP contribution in [-0.4, -0.2) is 32.6 Å². The van der Waals surface area contributed by atoms with Crippen molar-refractivity contribution in [3.63, 3.8) is 0 Å². The molecule has 1 aliphatic heterocycles. The quantitative estimate of drug-likeness (QED) is 0.803. The van der Waals surface area contributed by atoms with Gasteiger partial charge >= 0.3 is 0 Å². The summed E-state index contributed by atoms with van der Waals surface area (Å²) in [5.41, 5.74) is 6.67. The number of nitrogens with zero attached hydrogens (tertiary/aromatic N) is 4. The number of carbonyl (C=O) groups excluding carboxylic acids is 1. The third-order valence-electron chi connectivity index (χ3n) is 3.74. The Bertz CT molecular complexity index is 739. The highest BCUT2D eigenvalue weighted by Gasteiger charge is 2.24. The molecule has 0 aromatic carbocycles. The van der Waals surface area contributed by atoms with Crippen LogP contribution in [0.2, 0.25) is 0 Å². The van der Waals surface area contributed by atoms with E-state index >= 15 is 0 Å². The molecule has 1 aliphatic rings. The van der Waals surface area contributed by atoms with Crippen molar-refractivity contribution < 1.29 is 14.1 Å². The van der Waals surface area contributed by atoms with Gasteiger partial charge in [-0.1, -0.05) is 19.0 Å². The topological polar surface area (TPSA) is 129 Å². The Hall–Kier alpha value is -2.55. The monoisotopic (exact) mass is 346 g/mol. The zero-order valence-electron chi connectivity index (χ0n) is 14.4. The van der Waals surface area contributed by atoms with Crippen molar-refractivity contribution >= 4 is 11.9 Å². The van der Waals surface area contributed by atoms with Crippen LogP contribution in [-0.2, 0) is 17.7 Å². The van der Waals surface area contributed by atoms with Gasteiger partial charge in [0.05, 0.1) is 6.54 Å². The molecule has 0 spiro atoms. The van der Waals surface area contributed by atoms with Gasteiger partial charge in [-0.2, -0.15) is 4.98 Å². The number of ether oxygens (including phenoxy) is 1. The highest BCUT2D eigenvalue weighted by Crippen LogP contribution is 2.26. The van der Waals surface area contributed by atoms with E-state index in [1.165, 1.54) is 0 Å². The normalized spacial score (nSPS) is 17.2. The van der Waals surface area contributed by atoms with Gasteiger partial charge in [0, 0.05) is 12.3 Å². The molecule has 0 radical (unpaired) electrons. The van der Waals surface area contributed by atoms with Crippen molar-refractivity contribution in [3.8, 4) is 0 Å². The molecule has 9 heteroatoms.